The standard InChI is InChI=1S/C16H17ClN2O/c1-19(2)15-8-6-13(7-9-15)16(20)18-14-5-3-4-12(10-14)11-17/h3-10H,11H2,1-2H3,(H,18,20). The van der Waals surface area contributed by atoms with Gasteiger partial charge in [0, 0.05) is 36.9 Å². The molecule has 0 radical (unpaired) electrons. The molecule has 0 spiro atoms. The molecule has 2 rings (SSSR count). The van der Waals surface area contributed by atoms with Crippen LogP contribution in [0.2, 0.25) is 0 Å². The van der Waals surface area contributed by atoms with Crippen molar-refractivity contribution < 1.29 is 4.79 Å². The van der Waals surface area contributed by atoms with Gasteiger partial charge in [-0.15, -0.1) is 11.6 Å². The summed E-state index contributed by atoms with van der Waals surface area (Å²) in [5.74, 6) is 0.309. The Balaban J connectivity index is 2.11. The molecule has 0 heterocycles. The first-order valence-electron chi connectivity index (χ1n) is 6.34. The van der Waals surface area contributed by atoms with Crippen LogP contribution in [0, 0.1) is 0 Å². The van der Waals surface area contributed by atoms with E-state index in [-0.39, 0.29) is 5.91 Å². The Hall–Kier alpha value is -2.00. The van der Waals surface area contributed by atoms with E-state index in [9.17, 15) is 4.79 Å². The molecule has 0 fully saturated rings. The highest BCUT2D eigenvalue weighted by Crippen LogP contribution is 2.16. The zero-order valence-electron chi connectivity index (χ0n) is 11.6. The summed E-state index contributed by atoms with van der Waals surface area (Å²) in [6.45, 7) is 0. The van der Waals surface area contributed by atoms with E-state index in [1.807, 2.05) is 67.5 Å². The highest BCUT2D eigenvalue weighted by Gasteiger charge is 2.06. The fourth-order valence-electron chi connectivity index (χ4n) is 1.85. The number of hydrogen-bond donors (Lipinski definition) is 1. The Kier molecular flexibility index (Phi) is 4.64. The van der Waals surface area contributed by atoms with Gasteiger partial charge < -0.3 is 10.2 Å². The van der Waals surface area contributed by atoms with E-state index in [1.165, 1.54) is 0 Å². The van der Waals surface area contributed by atoms with Crippen LogP contribution in [0.15, 0.2) is 48.5 Å². The van der Waals surface area contributed by atoms with E-state index in [0.29, 0.717) is 11.4 Å². The molecule has 20 heavy (non-hydrogen) atoms. The third-order valence-electron chi connectivity index (χ3n) is 2.99. The van der Waals surface area contributed by atoms with E-state index in [2.05, 4.69) is 5.32 Å². The molecule has 3 nitrogen and oxygen atoms in total. The van der Waals surface area contributed by atoms with Crippen molar-refractivity contribution in [2.45, 2.75) is 5.88 Å². The summed E-state index contributed by atoms with van der Waals surface area (Å²) in [5, 5.41) is 2.87. The second-order valence-corrected chi connectivity index (χ2v) is 5.00. The van der Waals surface area contributed by atoms with Crippen molar-refractivity contribution in [3.8, 4) is 0 Å². The van der Waals surface area contributed by atoms with Crippen molar-refractivity contribution >= 4 is 28.9 Å². The fraction of sp³-hybridized carbons (Fsp3) is 0.188. The lowest BCUT2D eigenvalue weighted by Gasteiger charge is -2.12. The smallest absolute Gasteiger partial charge is 0.255 e. The molecular formula is C16H17ClN2O. The van der Waals surface area contributed by atoms with E-state index in [1.54, 1.807) is 0 Å². The zero-order chi connectivity index (χ0) is 14.5. The van der Waals surface area contributed by atoms with Gasteiger partial charge in [-0.05, 0) is 42.0 Å². The van der Waals surface area contributed by atoms with Crippen LogP contribution >= 0.6 is 11.6 Å². The van der Waals surface area contributed by atoms with Crippen molar-refractivity contribution in [1.29, 1.82) is 0 Å². The summed E-state index contributed by atoms with van der Waals surface area (Å²) in [7, 11) is 3.93. The molecule has 0 aliphatic heterocycles. The monoisotopic (exact) mass is 288 g/mol. The van der Waals surface area contributed by atoms with Crippen molar-refractivity contribution in [2.24, 2.45) is 0 Å². The molecular weight excluding hydrogens is 272 g/mol. The molecule has 2 aromatic rings. The molecule has 104 valence electrons. The van der Waals surface area contributed by atoms with Crippen LogP contribution in [0.25, 0.3) is 0 Å². The minimum Gasteiger partial charge on any atom is -0.378 e. The number of amides is 1. The molecule has 4 heteroatoms. The Morgan fingerprint density at radius 1 is 1.15 bits per heavy atom. The molecule has 0 atom stereocenters. The van der Waals surface area contributed by atoms with Crippen LogP contribution in [0.5, 0.6) is 0 Å². The average molecular weight is 289 g/mol. The Morgan fingerprint density at radius 2 is 1.85 bits per heavy atom. The predicted molar refractivity (Wildman–Crippen MR) is 84.7 cm³/mol. The van der Waals surface area contributed by atoms with E-state index < -0.39 is 0 Å². The molecule has 1 N–H and O–H groups in total. The molecule has 0 aliphatic carbocycles. The number of rotatable bonds is 4. The van der Waals surface area contributed by atoms with Gasteiger partial charge in [-0.25, -0.2) is 0 Å². The molecule has 0 bridgehead atoms. The van der Waals surface area contributed by atoms with Gasteiger partial charge in [0.15, 0.2) is 0 Å². The fourth-order valence-corrected chi connectivity index (χ4v) is 2.01. The lowest BCUT2D eigenvalue weighted by atomic mass is 10.1. The summed E-state index contributed by atoms with van der Waals surface area (Å²) in [5.41, 5.74) is 3.43. The maximum Gasteiger partial charge on any atom is 0.255 e. The van der Waals surface area contributed by atoms with Crippen molar-refractivity contribution in [2.75, 3.05) is 24.3 Å². The Morgan fingerprint density at radius 3 is 2.45 bits per heavy atom. The van der Waals surface area contributed by atoms with Gasteiger partial charge in [0.1, 0.15) is 0 Å². The Labute approximate surface area is 124 Å². The van der Waals surface area contributed by atoms with E-state index >= 15 is 0 Å². The van der Waals surface area contributed by atoms with Crippen LogP contribution in [0.1, 0.15) is 15.9 Å². The maximum atomic E-state index is 12.1. The summed E-state index contributed by atoms with van der Waals surface area (Å²) in [6.07, 6.45) is 0. The highest BCUT2D eigenvalue weighted by molar-refractivity contribution is 6.17. The van der Waals surface area contributed by atoms with Gasteiger partial charge in [-0.2, -0.15) is 0 Å². The molecule has 0 aliphatic rings. The quantitative estimate of drug-likeness (QED) is 0.869. The van der Waals surface area contributed by atoms with Gasteiger partial charge >= 0.3 is 0 Å². The van der Waals surface area contributed by atoms with Crippen LogP contribution in [0.3, 0.4) is 0 Å². The first-order chi connectivity index (χ1) is 9.60. The number of anilines is 2. The molecule has 0 aromatic heterocycles. The van der Waals surface area contributed by atoms with Gasteiger partial charge in [0.05, 0.1) is 0 Å². The topological polar surface area (TPSA) is 32.3 Å². The number of carbonyl (C=O) groups is 1. The van der Waals surface area contributed by atoms with E-state index in [4.69, 9.17) is 11.6 Å². The van der Waals surface area contributed by atoms with Crippen molar-refractivity contribution in [3.63, 3.8) is 0 Å². The van der Waals surface area contributed by atoms with Crippen LogP contribution in [-0.4, -0.2) is 20.0 Å². The molecule has 0 saturated carbocycles. The normalized spacial score (nSPS) is 10.2. The summed E-state index contributed by atoms with van der Waals surface area (Å²) < 4.78 is 0. The largest absolute Gasteiger partial charge is 0.378 e. The minimum atomic E-state index is -0.123. The molecule has 1 amide bonds. The second kappa shape index (κ2) is 6.44. The minimum absolute atomic E-state index is 0.123. The number of halogens is 1. The first-order valence-corrected chi connectivity index (χ1v) is 6.87. The number of benzene rings is 2. The number of hydrogen-bond acceptors (Lipinski definition) is 2. The lowest BCUT2D eigenvalue weighted by molar-refractivity contribution is 0.102. The zero-order valence-corrected chi connectivity index (χ0v) is 12.3. The summed E-state index contributed by atoms with van der Waals surface area (Å²) >= 11 is 5.78. The van der Waals surface area contributed by atoms with Crippen molar-refractivity contribution in [1.82, 2.24) is 0 Å². The van der Waals surface area contributed by atoms with Crippen molar-refractivity contribution in [3.05, 3.63) is 59.7 Å². The second-order valence-electron chi connectivity index (χ2n) is 4.73. The average Bonchev–Trinajstić information content (AvgIpc) is 2.47. The Bertz CT molecular complexity index is 594. The van der Waals surface area contributed by atoms with Crippen LogP contribution in [-0.2, 0) is 5.88 Å². The van der Waals surface area contributed by atoms with Crippen LogP contribution < -0.4 is 10.2 Å². The number of alkyl halides is 1. The number of nitrogens with zero attached hydrogens (tertiary/aromatic N) is 1. The lowest BCUT2D eigenvalue weighted by Crippen LogP contribution is -2.13. The highest BCUT2D eigenvalue weighted by atomic mass is 35.5. The summed E-state index contributed by atoms with van der Waals surface area (Å²) in [6, 6.07) is 15.0. The van der Waals surface area contributed by atoms with Gasteiger partial charge in [0.25, 0.3) is 5.91 Å². The number of carbonyl (C=O) groups excluding carboxylic acids is 1. The van der Waals surface area contributed by atoms with Gasteiger partial charge in [0.2, 0.25) is 0 Å². The van der Waals surface area contributed by atoms with E-state index in [0.717, 1.165) is 16.9 Å². The van der Waals surface area contributed by atoms with Gasteiger partial charge in [-0.1, -0.05) is 12.1 Å². The third-order valence-corrected chi connectivity index (χ3v) is 3.29. The number of nitrogens with one attached hydrogen (secondary N) is 1. The third kappa shape index (κ3) is 3.52. The van der Waals surface area contributed by atoms with Gasteiger partial charge in [-0.3, -0.25) is 4.79 Å². The molecule has 2 aromatic carbocycles. The summed E-state index contributed by atoms with van der Waals surface area (Å²) in [4.78, 5) is 14.1. The molecule has 0 unspecified atom stereocenters. The molecule has 0 saturated heterocycles. The maximum absolute atomic E-state index is 12.1. The predicted octanol–water partition coefficient (Wildman–Crippen LogP) is 3.74. The van der Waals surface area contributed by atoms with Crippen LogP contribution in [0.4, 0.5) is 11.4 Å². The first kappa shape index (κ1) is 14.4. The SMILES string of the molecule is CN(C)c1ccc(C(=O)Nc2cccc(CCl)c2)cc1.